The van der Waals surface area contributed by atoms with Crippen LogP contribution < -0.4 is 11.3 Å². The van der Waals surface area contributed by atoms with E-state index in [9.17, 15) is 9.59 Å². The number of aryl methyl sites for hydroxylation is 1. The van der Waals surface area contributed by atoms with Crippen LogP contribution in [0, 0.1) is 0 Å². The number of nitrogens with zero attached hydrogens (tertiary/aromatic N) is 4. The van der Waals surface area contributed by atoms with E-state index in [1.807, 2.05) is 54.3 Å². The van der Waals surface area contributed by atoms with Gasteiger partial charge in [-0.25, -0.2) is 9.67 Å². The van der Waals surface area contributed by atoms with Crippen molar-refractivity contribution in [1.82, 2.24) is 14.7 Å². The van der Waals surface area contributed by atoms with Crippen LogP contribution in [0.5, 0.6) is 0 Å². The van der Waals surface area contributed by atoms with Gasteiger partial charge < -0.3 is 10.6 Å². The Kier molecular flexibility index (Phi) is 6.91. The Morgan fingerprint density at radius 2 is 1.76 bits per heavy atom. The molecule has 0 unspecified atom stereocenters. The first-order valence-corrected chi connectivity index (χ1v) is 11.9. The fourth-order valence-electron chi connectivity index (χ4n) is 4.36. The normalized spacial score (nSPS) is 13.1. The van der Waals surface area contributed by atoms with Crippen LogP contribution in [0.4, 0.5) is 5.69 Å². The fourth-order valence-corrected chi connectivity index (χ4v) is 4.36. The molecule has 0 saturated heterocycles. The summed E-state index contributed by atoms with van der Waals surface area (Å²) >= 11 is 0. The highest BCUT2D eigenvalue weighted by Gasteiger charge is 2.21. The summed E-state index contributed by atoms with van der Waals surface area (Å²) in [6.45, 7) is 8.04. The van der Waals surface area contributed by atoms with E-state index in [-0.39, 0.29) is 11.5 Å². The number of aliphatic imine (C=N–C) groups is 1. The monoisotopic (exact) mass is 457 g/mol. The van der Waals surface area contributed by atoms with Crippen LogP contribution in [-0.4, -0.2) is 39.5 Å². The third-order valence-electron chi connectivity index (χ3n) is 6.03. The summed E-state index contributed by atoms with van der Waals surface area (Å²) in [4.78, 5) is 32.2. The van der Waals surface area contributed by atoms with E-state index in [0.29, 0.717) is 29.8 Å². The summed E-state index contributed by atoms with van der Waals surface area (Å²) < 4.78 is 1.45. The number of hydrogen-bond donors (Lipinski definition) is 1. The van der Waals surface area contributed by atoms with Crippen molar-refractivity contribution < 1.29 is 4.79 Å². The molecule has 1 aliphatic heterocycles. The van der Waals surface area contributed by atoms with Crippen LogP contribution in [0.25, 0.3) is 28.0 Å². The molecular formula is C27H31N5O2. The van der Waals surface area contributed by atoms with Crippen molar-refractivity contribution in [3.63, 3.8) is 0 Å². The Morgan fingerprint density at radius 1 is 1.06 bits per heavy atom. The first kappa shape index (κ1) is 23.4. The second-order valence-corrected chi connectivity index (χ2v) is 8.58. The number of amides is 1. The smallest absolute Gasteiger partial charge is 0.274 e. The molecule has 0 saturated carbocycles. The largest absolute Gasteiger partial charge is 0.387 e. The highest BCUT2D eigenvalue weighted by Crippen LogP contribution is 2.33. The third kappa shape index (κ3) is 4.64. The number of aromatic nitrogens is 2. The molecule has 7 nitrogen and oxygen atoms in total. The number of amidine groups is 1. The molecule has 2 heterocycles. The molecule has 2 N–H and O–H groups in total. The molecule has 0 bridgehead atoms. The summed E-state index contributed by atoms with van der Waals surface area (Å²) in [5.41, 5.74) is 10.3. The Labute approximate surface area is 199 Å². The molecular weight excluding hydrogens is 426 g/mol. The summed E-state index contributed by atoms with van der Waals surface area (Å²) in [6, 6.07) is 11.7. The van der Waals surface area contributed by atoms with Crippen molar-refractivity contribution in [3.8, 4) is 11.1 Å². The average Bonchev–Trinajstić information content (AvgIpc) is 3.01. The molecule has 3 aromatic rings. The summed E-state index contributed by atoms with van der Waals surface area (Å²) in [5.74, 6) is 0.449. The second kappa shape index (κ2) is 10.0. The molecule has 4 rings (SSSR count). The highest BCUT2D eigenvalue weighted by molar-refractivity contribution is 6.05. The van der Waals surface area contributed by atoms with Gasteiger partial charge in [-0.1, -0.05) is 32.0 Å². The van der Waals surface area contributed by atoms with Gasteiger partial charge in [0.05, 0.1) is 17.3 Å². The standard InChI is InChI=1S/C27H31N5O2/c1-4-11-31(12-5-2)26(33)21-14-20-8-7-19(15-24(20)30-25(28)16-21)18-9-10-23-22(13-18)17-29-32(6-3)27(23)34/h7-10,13-15,17H,4-6,11-12,16H2,1-3H3,(H2,28,30). The highest BCUT2D eigenvalue weighted by atomic mass is 16.2. The van der Waals surface area contributed by atoms with Crippen LogP contribution in [-0.2, 0) is 11.3 Å². The lowest BCUT2D eigenvalue weighted by atomic mass is 9.99. The van der Waals surface area contributed by atoms with Gasteiger partial charge in [0, 0.05) is 42.6 Å². The predicted octanol–water partition coefficient (Wildman–Crippen LogP) is 4.51. The lowest BCUT2D eigenvalue weighted by Crippen LogP contribution is -2.34. The first-order valence-electron chi connectivity index (χ1n) is 11.9. The number of carbonyl (C=O) groups is 1. The maximum atomic E-state index is 13.2. The van der Waals surface area contributed by atoms with E-state index < -0.39 is 0 Å². The first-order chi connectivity index (χ1) is 16.4. The maximum Gasteiger partial charge on any atom is 0.274 e. The Hall–Kier alpha value is -3.74. The third-order valence-corrected chi connectivity index (χ3v) is 6.03. The van der Waals surface area contributed by atoms with Crippen molar-refractivity contribution in [1.29, 1.82) is 0 Å². The fraction of sp³-hybridized carbons (Fsp3) is 0.333. The van der Waals surface area contributed by atoms with E-state index in [2.05, 4.69) is 23.9 Å². The number of fused-ring (bicyclic) bond motifs is 2. The summed E-state index contributed by atoms with van der Waals surface area (Å²) in [7, 11) is 0. The molecule has 0 fully saturated rings. The van der Waals surface area contributed by atoms with Gasteiger partial charge in [-0.05, 0) is 55.2 Å². The number of carbonyl (C=O) groups excluding carboxylic acids is 1. The van der Waals surface area contributed by atoms with Crippen LogP contribution >= 0.6 is 0 Å². The van der Waals surface area contributed by atoms with Gasteiger partial charge in [-0.15, -0.1) is 0 Å². The molecule has 0 aliphatic carbocycles. The second-order valence-electron chi connectivity index (χ2n) is 8.58. The van der Waals surface area contributed by atoms with Crippen molar-refractivity contribution in [2.24, 2.45) is 10.7 Å². The predicted molar refractivity (Wildman–Crippen MR) is 138 cm³/mol. The average molecular weight is 458 g/mol. The van der Waals surface area contributed by atoms with Crippen molar-refractivity contribution in [3.05, 3.63) is 64.1 Å². The molecule has 0 radical (unpaired) electrons. The Morgan fingerprint density at radius 3 is 2.47 bits per heavy atom. The zero-order valence-corrected chi connectivity index (χ0v) is 20.0. The Balaban J connectivity index is 1.71. The number of benzene rings is 2. The van der Waals surface area contributed by atoms with E-state index in [0.717, 1.165) is 53.7 Å². The number of rotatable bonds is 7. The van der Waals surface area contributed by atoms with Crippen molar-refractivity contribution in [2.45, 2.75) is 46.6 Å². The minimum absolute atomic E-state index is 0.0264. The summed E-state index contributed by atoms with van der Waals surface area (Å²) in [6.07, 6.45) is 5.80. The van der Waals surface area contributed by atoms with Crippen LogP contribution in [0.15, 0.2) is 58.0 Å². The van der Waals surface area contributed by atoms with E-state index in [1.54, 1.807) is 6.20 Å². The maximum absolute atomic E-state index is 13.2. The van der Waals surface area contributed by atoms with E-state index in [1.165, 1.54) is 4.68 Å². The van der Waals surface area contributed by atoms with Crippen LogP contribution in [0.2, 0.25) is 0 Å². The molecule has 34 heavy (non-hydrogen) atoms. The Bertz CT molecular complexity index is 1350. The molecule has 1 amide bonds. The van der Waals surface area contributed by atoms with Gasteiger partial charge in [0.1, 0.15) is 5.84 Å². The van der Waals surface area contributed by atoms with Gasteiger partial charge >= 0.3 is 0 Å². The SMILES string of the molecule is CCCN(CCC)C(=O)C1=Cc2ccc(-c3ccc4c(=O)n(CC)ncc4c3)cc2N=C(N)C1. The molecule has 176 valence electrons. The molecule has 1 aliphatic rings. The van der Waals surface area contributed by atoms with Crippen molar-refractivity contribution in [2.75, 3.05) is 13.1 Å². The zero-order chi connectivity index (χ0) is 24.2. The van der Waals surface area contributed by atoms with Gasteiger partial charge in [0.25, 0.3) is 5.56 Å². The van der Waals surface area contributed by atoms with Crippen LogP contribution in [0.3, 0.4) is 0 Å². The molecule has 0 atom stereocenters. The lowest BCUT2D eigenvalue weighted by Gasteiger charge is -2.22. The lowest BCUT2D eigenvalue weighted by molar-refractivity contribution is -0.127. The van der Waals surface area contributed by atoms with Gasteiger partial charge in [-0.3, -0.25) is 9.59 Å². The molecule has 2 aromatic carbocycles. The zero-order valence-electron chi connectivity index (χ0n) is 20.0. The molecule has 0 spiro atoms. The van der Waals surface area contributed by atoms with E-state index >= 15 is 0 Å². The van der Waals surface area contributed by atoms with Gasteiger partial charge in [0.15, 0.2) is 0 Å². The number of nitrogens with two attached hydrogens (primary N) is 1. The van der Waals surface area contributed by atoms with Crippen LogP contribution in [0.1, 0.15) is 45.6 Å². The van der Waals surface area contributed by atoms with Gasteiger partial charge in [0.2, 0.25) is 5.91 Å². The summed E-state index contributed by atoms with van der Waals surface area (Å²) in [5, 5.41) is 5.68. The minimum Gasteiger partial charge on any atom is -0.387 e. The number of hydrogen-bond acceptors (Lipinski definition) is 5. The topological polar surface area (TPSA) is 93.6 Å². The molecule has 1 aromatic heterocycles. The van der Waals surface area contributed by atoms with Gasteiger partial charge in [-0.2, -0.15) is 5.10 Å². The van der Waals surface area contributed by atoms with Crippen molar-refractivity contribution >= 4 is 34.3 Å². The molecule has 7 heteroatoms. The van der Waals surface area contributed by atoms with E-state index in [4.69, 9.17) is 5.73 Å². The minimum atomic E-state index is -0.0895. The quantitative estimate of drug-likeness (QED) is 0.565.